The largest absolute Gasteiger partial charge is 0.481 e. The van der Waals surface area contributed by atoms with Crippen LogP contribution in [0.2, 0.25) is 0 Å². The SMILES string of the molecule is CCC(CC)N(CC(C)C)C(=O)NC(C)CC(=O)O. The Labute approximate surface area is 116 Å². The normalized spacial score (nSPS) is 12.6. The van der Waals surface area contributed by atoms with Crippen molar-refractivity contribution in [3.63, 3.8) is 0 Å². The van der Waals surface area contributed by atoms with Crippen LogP contribution in [-0.2, 0) is 4.79 Å². The molecule has 2 N–H and O–H groups in total. The molecule has 0 aromatic rings. The Balaban J connectivity index is 4.66. The number of carboxylic acids is 1. The maximum Gasteiger partial charge on any atom is 0.317 e. The van der Waals surface area contributed by atoms with E-state index in [-0.39, 0.29) is 24.5 Å². The van der Waals surface area contributed by atoms with Crippen molar-refractivity contribution >= 4 is 12.0 Å². The lowest BCUT2D eigenvalue weighted by Gasteiger charge is -2.33. The molecule has 5 heteroatoms. The van der Waals surface area contributed by atoms with Crippen LogP contribution in [0.5, 0.6) is 0 Å². The lowest BCUT2D eigenvalue weighted by Crippen LogP contribution is -2.50. The minimum absolute atomic E-state index is 0.0514. The molecule has 0 rings (SSSR count). The molecule has 0 aliphatic carbocycles. The molecule has 0 fully saturated rings. The van der Waals surface area contributed by atoms with E-state index < -0.39 is 5.97 Å². The van der Waals surface area contributed by atoms with Gasteiger partial charge in [-0.05, 0) is 25.7 Å². The lowest BCUT2D eigenvalue weighted by atomic mass is 10.1. The molecule has 0 aromatic carbocycles. The summed E-state index contributed by atoms with van der Waals surface area (Å²) < 4.78 is 0. The molecule has 0 aliphatic rings. The standard InChI is InChI=1S/C14H28N2O3/c1-6-12(7-2)16(9-10(3)4)14(19)15-11(5)8-13(17)18/h10-12H,6-9H2,1-5H3,(H,15,19)(H,17,18). The van der Waals surface area contributed by atoms with Crippen LogP contribution >= 0.6 is 0 Å². The van der Waals surface area contributed by atoms with Gasteiger partial charge in [-0.3, -0.25) is 4.79 Å². The summed E-state index contributed by atoms with van der Waals surface area (Å²) in [5.74, 6) is -0.508. The molecular weight excluding hydrogens is 244 g/mol. The van der Waals surface area contributed by atoms with Gasteiger partial charge in [0.2, 0.25) is 0 Å². The van der Waals surface area contributed by atoms with Crippen LogP contribution < -0.4 is 5.32 Å². The highest BCUT2D eigenvalue weighted by molar-refractivity contribution is 5.76. The van der Waals surface area contributed by atoms with E-state index in [9.17, 15) is 9.59 Å². The van der Waals surface area contributed by atoms with Crippen LogP contribution in [0.25, 0.3) is 0 Å². The maximum atomic E-state index is 12.3. The van der Waals surface area contributed by atoms with Crippen molar-refractivity contribution in [2.75, 3.05) is 6.54 Å². The number of rotatable bonds is 8. The van der Waals surface area contributed by atoms with Crippen molar-refractivity contribution in [3.05, 3.63) is 0 Å². The van der Waals surface area contributed by atoms with E-state index >= 15 is 0 Å². The number of aliphatic carboxylic acids is 1. The van der Waals surface area contributed by atoms with Crippen molar-refractivity contribution in [3.8, 4) is 0 Å². The first-order valence-electron chi connectivity index (χ1n) is 7.10. The molecule has 2 amide bonds. The van der Waals surface area contributed by atoms with Gasteiger partial charge in [-0.25, -0.2) is 4.79 Å². The molecule has 0 aromatic heterocycles. The topological polar surface area (TPSA) is 69.6 Å². The molecular formula is C14H28N2O3. The van der Waals surface area contributed by atoms with E-state index in [1.807, 2.05) is 4.90 Å². The number of urea groups is 1. The first-order valence-corrected chi connectivity index (χ1v) is 7.10. The van der Waals surface area contributed by atoms with Gasteiger partial charge in [0.15, 0.2) is 0 Å². The van der Waals surface area contributed by atoms with Gasteiger partial charge in [-0.15, -0.1) is 0 Å². The van der Waals surface area contributed by atoms with E-state index in [1.54, 1.807) is 6.92 Å². The van der Waals surface area contributed by atoms with Gasteiger partial charge in [0.05, 0.1) is 6.42 Å². The molecule has 0 bridgehead atoms. The molecule has 0 saturated carbocycles. The van der Waals surface area contributed by atoms with Gasteiger partial charge >= 0.3 is 12.0 Å². The first-order chi connectivity index (χ1) is 8.81. The predicted octanol–water partition coefficient (Wildman–Crippen LogP) is 2.71. The molecule has 1 atom stereocenters. The van der Waals surface area contributed by atoms with Crippen LogP contribution in [0.4, 0.5) is 4.79 Å². The average Bonchev–Trinajstić information content (AvgIpc) is 2.27. The van der Waals surface area contributed by atoms with Gasteiger partial charge in [0.1, 0.15) is 0 Å². The van der Waals surface area contributed by atoms with E-state index in [2.05, 4.69) is 33.0 Å². The van der Waals surface area contributed by atoms with E-state index in [0.29, 0.717) is 12.5 Å². The number of carboxylic acid groups (broad SMARTS) is 1. The van der Waals surface area contributed by atoms with Gasteiger partial charge in [-0.1, -0.05) is 27.7 Å². The zero-order valence-corrected chi connectivity index (χ0v) is 12.8. The smallest absolute Gasteiger partial charge is 0.317 e. The molecule has 0 heterocycles. The Hall–Kier alpha value is -1.26. The van der Waals surface area contributed by atoms with Crippen LogP contribution in [0.1, 0.15) is 53.9 Å². The second-order valence-corrected chi connectivity index (χ2v) is 5.46. The van der Waals surface area contributed by atoms with Crippen molar-refractivity contribution in [1.82, 2.24) is 10.2 Å². The van der Waals surface area contributed by atoms with Crippen molar-refractivity contribution in [2.45, 2.75) is 66.0 Å². The second-order valence-electron chi connectivity index (χ2n) is 5.46. The minimum atomic E-state index is -0.897. The van der Waals surface area contributed by atoms with Crippen molar-refractivity contribution < 1.29 is 14.7 Å². The van der Waals surface area contributed by atoms with Gasteiger partial charge in [0.25, 0.3) is 0 Å². The maximum absolute atomic E-state index is 12.3. The fourth-order valence-electron chi connectivity index (χ4n) is 2.13. The van der Waals surface area contributed by atoms with Crippen LogP contribution in [0.3, 0.4) is 0 Å². The highest BCUT2D eigenvalue weighted by Crippen LogP contribution is 2.12. The quantitative estimate of drug-likeness (QED) is 0.713. The highest BCUT2D eigenvalue weighted by Gasteiger charge is 2.23. The number of amides is 2. The molecule has 0 saturated heterocycles. The third-order valence-corrected chi connectivity index (χ3v) is 3.06. The molecule has 112 valence electrons. The third-order valence-electron chi connectivity index (χ3n) is 3.06. The summed E-state index contributed by atoms with van der Waals surface area (Å²) in [4.78, 5) is 24.7. The number of carbonyl (C=O) groups is 2. The average molecular weight is 272 g/mol. The minimum Gasteiger partial charge on any atom is -0.481 e. The zero-order chi connectivity index (χ0) is 15.0. The summed E-state index contributed by atoms with van der Waals surface area (Å²) in [5.41, 5.74) is 0. The molecule has 0 aliphatic heterocycles. The van der Waals surface area contributed by atoms with E-state index in [4.69, 9.17) is 5.11 Å². The number of nitrogens with one attached hydrogen (secondary N) is 1. The molecule has 5 nitrogen and oxygen atoms in total. The van der Waals surface area contributed by atoms with Gasteiger partial charge in [-0.2, -0.15) is 0 Å². The molecule has 19 heavy (non-hydrogen) atoms. The zero-order valence-electron chi connectivity index (χ0n) is 12.8. The summed E-state index contributed by atoms with van der Waals surface area (Å²) in [6.07, 6.45) is 1.76. The molecule has 0 spiro atoms. The van der Waals surface area contributed by atoms with Crippen LogP contribution in [0, 0.1) is 5.92 Å². The Morgan fingerprint density at radius 2 is 1.68 bits per heavy atom. The fourth-order valence-corrected chi connectivity index (χ4v) is 2.13. The number of carbonyl (C=O) groups excluding carboxylic acids is 1. The van der Waals surface area contributed by atoms with Crippen molar-refractivity contribution in [2.24, 2.45) is 5.92 Å². The summed E-state index contributed by atoms with van der Waals surface area (Å²) in [6, 6.07) is -0.301. The molecule has 0 radical (unpaired) electrons. The van der Waals surface area contributed by atoms with Crippen molar-refractivity contribution in [1.29, 1.82) is 0 Å². The van der Waals surface area contributed by atoms with Gasteiger partial charge < -0.3 is 15.3 Å². The Kier molecular flexibility index (Phi) is 8.19. The number of nitrogens with zero attached hydrogens (tertiary/aromatic N) is 1. The second kappa shape index (κ2) is 8.77. The van der Waals surface area contributed by atoms with Gasteiger partial charge in [0, 0.05) is 18.6 Å². The number of hydrogen-bond donors (Lipinski definition) is 2. The fraction of sp³-hybridized carbons (Fsp3) is 0.857. The van der Waals surface area contributed by atoms with Crippen LogP contribution in [-0.4, -0.2) is 40.6 Å². The lowest BCUT2D eigenvalue weighted by molar-refractivity contribution is -0.137. The van der Waals surface area contributed by atoms with E-state index in [0.717, 1.165) is 12.8 Å². The summed E-state index contributed by atoms with van der Waals surface area (Å²) in [7, 11) is 0. The third kappa shape index (κ3) is 7.03. The monoisotopic (exact) mass is 272 g/mol. The predicted molar refractivity (Wildman–Crippen MR) is 76.2 cm³/mol. The number of hydrogen-bond acceptors (Lipinski definition) is 2. The summed E-state index contributed by atoms with van der Waals surface area (Å²) in [5, 5.41) is 11.5. The summed E-state index contributed by atoms with van der Waals surface area (Å²) >= 11 is 0. The molecule has 1 unspecified atom stereocenters. The summed E-state index contributed by atoms with van der Waals surface area (Å²) in [6.45, 7) is 10.7. The highest BCUT2D eigenvalue weighted by atomic mass is 16.4. The van der Waals surface area contributed by atoms with Crippen LogP contribution in [0.15, 0.2) is 0 Å². The Morgan fingerprint density at radius 1 is 1.16 bits per heavy atom. The Bertz CT molecular complexity index is 288. The Morgan fingerprint density at radius 3 is 2.05 bits per heavy atom. The first kappa shape index (κ1) is 17.7. The van der Waals surface area contributed by atoms with E-state index in [1.165, 1.54) is 0 Å².